The molecular formula is C15H23FN2O. The first-order valence-electron chi connectivity index (χ1n) is 6.17. The minimum Gasteiger partial charge on any atom is -0.467 e. The Morgan fingerprint density at radius 2 is 2.00 bits per heavy atom. The lowest BCUT2D eigenvalue weighted by Gasteiger charge is -2.23. The second-order valence-electron chi connectivity index (χ2n) is 3.84. The summed E-state index contributed by atoms with van der Waals surface area (Å²) in [5, 5.41) is 0. The zero-order valence-electron chi connectivity index (χ0n) is 12.2. The van der Waals surface area contributed by atoms with Crippen LogP contribution in [0.1, 0.15) is 26.5 Å². The number of likely N-dealkylation sites (N-methyl/N-ethyl adjacent to an activating group) is 1. The Kier molecular flexibility index (Phi) is 7.34. The average molecular weight is 266 g/mol. The molecule has 2 N–H and O–H groups in total. The fourth-order valence-electron chi connectivity index (χ4n) is 1.62. The highest BCUT2D eigenvalue weighted by molar-refractivity contribution is 5.36. The van der Waals surface area contributed by atoms with Gasteiger partial charge in [0.1, 0.15) is 11.6 Å². The number of furan rings is 1. The van der Waals surface area contributed by atoms with Gasteiger partial charge in [0.15, 0.2) is 0 Å². The number of hydrogen-bond acceptors (Lipinski definition) is 3. The van der Waals surface area contributed by atoms with Gasteiger partial charge < -0.3 is 15.1 Å². The quantitative estimate of drug-likeness (QED) is 0.820. The summed E-state index contributed by atoms with van der Waals surface area (Å²) in [4.78, 5) is 1.78. The van der Waals surface area contributed by atoms with Crippen LogP contribution in [0.4, 0.5) is 4.39 Å². The van der Waals surface area contributed by atoms with Crippen LogP contribution in [-0.4, -0.2) is 11.9 Å². The van der Waals surface area contributed by atoms with E-state index < -0.39 is 5.83 Å². The molecule has 0 aliphatic carbocycles. The minimum atomic E-state index is -0.516. The largest absolute Gasteiger partial charge is 0.467 e. The van der Waals surface area contributed by atoms with Gasteiger partial charge in [0.25, 0.3) is 0 Å². The van der Waals surface area contributed by atoms with Gasteiger partial charge in [0.05, 0.1) is 18.5 Å². The SMILES string of the molecule is C=C(F)/C(C)=C(\C(=C)N)N(C)Cc1ccco1.CC. The van der Waals surface area contributed by atoms with Crippen molar-refractivity contribution in [2.75, 3.05) is 7.05 Å². The fourth-order valence-corrected chi connectivity index (χ4v) is 1.62. The monoisotopic (exact) mass is 266 g/mol. The third-order valence-electron chi connectivity index (χ3n) is 2.42. The van der Waals surface area contributed by atoms with Crippen molar-refractivity contribution >= 4 is 0 Å². The van der Waals surface area contributed by atoms with Crippen molar-refractivity contribution in [1.29, 1.82) is 0 Å². The molecule has 0 amide bonds. The third-order valence-corrected chi connectivity index (χ3v) is 2.42. The van der Waals surface area contributed by atoms with Crippen molar-refractivity contribution < 1.29 is 8.81 Å². The van der Waals surface area contributed by atoms with E-state index in [1.807, 2.05) is 19.9 Å². The summed E-state index contributed by atoms with van der Waals surface area (Å²) >= 11 is 0. The average Bonchev–Trinajstić information content (AvgIpc) is 2.83. The Hall–Kier alpha value is -1.97. The highest BCUT2D eigenvalue weighted by atomic mass is 19.1. The highest BCUT2D eigenvalue weighted by Crippen LogP contribution is 2.21. The van der Waals surface area contributed by atoms with Gasteiger partial charge in [0.2, 0.25) is 0 Å². The van der Waals surface area contributed by atoms with Crippen LogP contribution < -0.4 is 5.73 Å². The lowest BCUT2D eigenvalue weighted by molar-refractivity contribution is 0.358. The van der Waals surface area contributed by atoms with E-state index in [0.717, 1.165) is 5.76 Å². The summed E-state index contributed by atoms with van der Waals surface area (Å²) in [7, 11) is 1.79. The van der Waals surface area contributed by atoms with Gasteiger partial charge in [-0.05, 0) is 19.1 Å². The molecule has 0 aromatic carbocycles. The molecule has 0 spiro atoms. The molecule has 0 fully saturated rings. The van der Waals surface area contributed by atoms with E-state index in [2.05, 4.69) is 13.2 Å². The van der Waals surface area contributed by atoms with E-state index >= 15 is 0 Å². The lowest BCUT2D eigenvalue weighted by Crippen LogP contribution is -2.22. The molecule has 0 radical (unpaired) electrons. The minimum absolute atomic E-state index is 0.301. The summed E-state index contributed by atoms with van der Waals surface area (Å²) in [6, 6.07) is 3.64. The van der Waals surface area contributed by atoms with Crippen LogP contribution in [0.5, 0.6) is 0 Å². The first-order chi connectivity index (χ1) is 8.93. The molecule has 0 atom stereocenters. The maximum atomic E-state index is 13.1. The van der Waals surface area contributed by atoms with Gasteiger partial charge in [-0.1, -0.05) is 27.0 Å². The molecule has 106 valence electrons. The molecule has 19 heavy (non-hydrogen) atoms. The van der Waals surface area contributed by atoms with E-state index in [1.165, 1.54) is 0 Å². The molecule has 0 unspecified atom stereocenters. The third kappa shape index (κ3) is 5.04. The van der Waals surface area contributed by atoms with Gasteiger partial charge in [-0.2, -0.15) is 0 Å². The van der Waals surface area contributed by atoms with Crippen LogP contribution >= 0.6 is 0 Å². The number of nitrogens with two attached hydrogens (primary N) is 1. The molecule has 0 bridgehead atoms. The van der Waals surface area contributed by atoms with Gasteiger partial charge in [-0.3, -0.25) is 0 Å². The molecular weight excluding hydrogens is 243 g/mol. The first-order valence-corrected chi connectivity index (χ1v) is 6.17. The smallest absolute Gasteiger partial charge is 0.123 e. The molecule has 1 aromatic heterocycles. The van der Waals surface area contributed by atoms with E-state index in [-0.39, 0.29) is 0 Å². The molecule has 1 aromatic rings. The van der Waals surface area contributed by atoms with Crippen molar-refractivity contribution in [3.8, 4) is 0 Å². The maximum Gasteiger partial charge on any atom is 0.123 e. The molecule has 1 heterocycles. The second-order valence-corrected chi connectivity index (χ2v) is 3.84. The molecule has 4 heteroatoms. The van der Waals surface area contributed by atoms with Gasteiger partial charge in [0, 0.05) is 18.3 Å². The second kappa shape index (κ2) is 8.19. The summed E-state index contributed by atoms with van der Waals surface area (Å²) < 4.78 is 18.4. The maximum absolute atomic E-state index is 13.1. The fraction of sp³-hybridized carbons (Fsp3) is 0.333. The van der Waals surface area contributed by atoms with E-state index in [9.17, 15) is 4.39 Å². The van der Waals surface area contributed by atoms with Gasteiger partial charge >= 0.3 is 0 Å². The Morgan fingerprint density at radius 1 is 1.42 bits per heavy atom. The van der Waals surface area contributed by atoms with Crippen LogP contribution in [-0.2, 0) is 6.54 Å². The summed E-state index contributed by atoms with van der Waals surface area (Å²) in [5.74, 6) is 0.251. The molecule has 0 saturated carbocycles. The number of halogens is 1. The van der Waals surface area contributed by atoms with Crippen LogP contribution in [0.15, 0.2) is 58.8 Å². The van der Waals surface area contributed by atoms with Crippen molar-refractivity contribution in [3.05, 3.63) is 60.1 Å². The molecule has 3 nitrogen and oxygen atoms in total. The standard InChI is InChI=1S/C13H17FN2O.C2H6/c1-9(10(2)14)13(11(3)15)16(4)8-12-6-5-7-17-12;1-2/h5-7H,2-3,8,15H2,1,4H3;1-2H3/b13-9+;. The topological polar surface area (TPSA) is 42.4 Å². The Morgan fingerprint density at radius 3 is 2.37 bits per heavy atom. The highest BCUT2D eigenvalue weighted by Gasteiger charge is 2.13. The van der Waals surface area contributed by atoms with Gasteiger partial charge in [-0.15, -0.1) is 0 Å². The predicted molar refractivity (Wildman–Crippen MR) is 77.8 cm³/mol. The van der Waals surface area contributed by atoms with Gasteiger partial charge in [-0.25, -0.2) is 4.39 Å². The molecule has 0 aliphatic heterocycles. The van der Waals surface area contributed by atoms with E-state index in [0.29, 0.717) is 23.5 Å². The zero-order valence-corrected chi connectivity index (χ0v) is 12.2. The predicted octanol–water partition coefficient (Wildman–Crippen LogP) is 3.97. The number of hydrogen-bond donors (Lipinski definition) is 1. The molecule has 0 saturated heterocycles. The van der Waals surface area contributed by atoms with E-state index in [1.54, 1.807) is 31.2 Å². The van der Waals surface area contributed by atoms with E-state index in [4.69, 9.17) is 10.2 Å². The van der Waals surface area contributed by atoms with Crippen LogP contribution in [0.25, 0.3) is 0 Å². The van der Waals surface area contributed by atoms with Crippen LogP contribution in [0.2, 0.25) is 0 Å². The van der Waals surface area contributed by atoms with Crippen LogP contribution in [0, 0.1) is 0 Å². The summed E-state index contributed by atoms with van der Waals surface area (Å²) in [6.07, 6.45) is 1.59. The first kappa shape index (κ1) is 17.0. The Bertz CT molecular complexity index is 447. The Balaban J connectivity index is 0.00000154. The molecule has 1 rings (SSSR count). The molecule has 0 aliphatic rings. The number of rotatable bonds is 5. The van der Waals surface area contributed by atoms with Crippen LogP contribution in [0.3, 0.4) is 0 Å². The lowest BCUT2D eigenvalue weighted by atomic mass is 10.1. The summed E-state index contributed by atoms with van der Waals surface area (Å²) in [6.45, 7) is 13.0. The normalized spacial score (nSPS) is 11.0. The van der Waals surface area contributed by atoms with Crippen molar-refractivity contribution in [2.45, 2.75) is 27.3 Å². The summed E-state index contributed by atoms with van der Waals surface area (Å²) in [5.41, 5.74) is 6.89. The Labute approximate surface area is 114 Å². The number of allylic oxidation sites excluding steroid dienone is 2. The van der Waals surface area contributed by atoms with Crippen molar-refractivity contribution in [1.82, 2.24) is 4.90 Å². The van der Waals surface area contributed by atoms with Crippen molar-refractivity contribution in [3.63, 3.8) is 0 Å². The zero-order chi connectivity index (χ0) is 15.0. The number of nitrogens with zero attached hydrogens (tertiary/aromatic N) is 1. The van der Waals surface area contributed by atoms with Crippen molar-refractivity contribution in [2.24, 2.45) is 5.73 Å².